The van der Waals surface area contributed by atoms with E-state index < -0.39 is 11.9 Å². The Labute approximate surface area is 111 Å². The second-order valence-electron chi connectivity index (χ2n) is 1.99. The molecular formula is C6H14BaO5. The van der Waals surface area contributed by atoms with E-state index in [0.29, 0.717) is 12.8 Å². The third-order valence-electron chi connectivity index (χ3n) is 1.03. The van der Waals surface area contributed by atoms with E-state index in [1.165, 1.54) is 0 Å². The average molecular weight is 304 g/mol. The number of unbranched alkanes of at least 4 members (excludes halogenated alkanes) is 1. The van der Waals surface area contributed by atoms with Gasteiger partial charge in [-0.1, -0.05) is 0 Å². The van der Waals surface area contributed by atoms with E-state index >= 15 is 0 Å². The topological polar surface area (TPSA) is 106 Å². The molecule has 0 atom stereocenters. The van der Waals surface area contributed by atoms with Crippen molar-refractivity contribution in [3.63, 3.8) is 0 Å². The summed E-state index contributed by atoms with van der Waals surface area (Å²) in [5.74, 6) is -1.74. The van der Waals surface area contributed by atoms with Gasteiger partial charge in [-0.15, -0.1) is 0 Å². The first kappa shape index (κ1) is 18.3. The van der Waals surface area contributed by atoms with E-state index in [2.05, 4.69) is 0 Å². The van der Waals surface area contributed by atoms with Crippen molar-refractivity contribution in [1.82, 2.24) is 0 Å². The number of hydrogen-bond donors (Lipinski definition) is 2. The molecule has 4 N–H and O–H groups in total. The van der Waals surface area contributed by atoms with Crippen LogP contribution in [0.2, 0.25) is 0 Å². The maximum atomic E-state index is 9.90. The monoisotopic (exact) mass is 304 g/mol. The molecule has 0 rings (SSSR count). The molecule has 0 bridgehead atoms. The van der Waals surface area contributed by atoms with Crippen LogP contribution in [0, 0.1) is 0 Å². The van der Waals surface area contributed by atoms with Gasteiger partial charge in [-0.05, 0) is 12.8 Å². The van der Waals surface area contributed by atoms with Crippen LogP contribution in [0.4, 0.5) is 0 Å². The van der Waals surface area contributed by atoms with Gasteiger partial charge in [0.05, 0.1) is 0 Å². The molecule has 12 heavy (non-hydrogen) atoms. The van der Waals surface area contributed by atoms with Crippen LogP contribution >= 0.6 is 0 Å². The zero-order valence-electron chi connectivity index (χ0n) is 6.04. The minimum absolute atomic E-state index is 0. The SMILES string of the molecule is O.O=C(O)CCCCC(=O)O.[BaH2]. The predicted molar refractivity (Wildman–Crippen MR) is 45.9 cm³/mol. The summed E-state index contributed by atoms with van der Waals surface area (Å²) in [6, 6.07) is 0. The first-order chi connectivity index (χ1) is 4.63. The summed E-state index contributed by atoms with van der Waals surface area (Å²) in [5, 5.41) is 16.3. The quantitative estimate of drug-likeness (QED) is 0.500. The second-order valence-corrected chi connectivity index (χ2v) is 1.99. The summed E-state index contributed by atoms with van der Waals surface area (Å²) in [6.45, 7) is 0. The zero-order chi connectivity index (χ0) is 7.98. The van der Waals surface area contributed by atoms with E-state index in [-0.39, 0.29) is 67.2 Å². The van der Waals surface area contributed by atoms with Gasteiger partial charge in [-0.2, -0.15) is 0 Å². The van der Waals surface area contributed by atoms with Crippen LogP contribution in [0.25, 0.3) is 0 Å². The molecule has 0 fully saturated rings. The molecule has 0 aromatic carbocycles. The van der Waals surface area contributed by atoms with Crippen LogP contribution < -0.4 is 0 Å². The van der Waals surface area contributed by atoms with E-state index in [9.17, 15) is 9.59 Å². The van der Waals surface area contributed by atoms with E-state index in [4.69, 9.17) is 10.2 Å². The second kappa shape index (κ2) is 11.5. The fourth-order valence-electron chi connectivity index (χ4n) is 0.552. The normalized spacial score (nSPS) is 7.67. The molecule has 0 aromatic rings. The summed E-state index contributed by atoms with van der Waals surface area (Å²) < 4.78 is 0. The van der Waals surface area contributed by atoms with Gasteiger partial charge in [0.2, 0.25) is 0 Å². The number of carbonyl (C=O) groups is 2. The molecule has 0 radical (unpaired) electrons. The van der Waals surface area contributed by atoms with E-state index in [1.807, 2.05) is 0 Å². The Morgan fingerprint density at radius 1 is 0.917 bits per heavy atom. The van der Waals surface area contributed by atoms with Gasteiger partial charge in [0, 0.05) is 12.8 Å². The van der Waals surface area contributed by atoms with Crippen molar-refractivity contribution in [2.24, 2.45) is 0 Å². The molecular weight excluding hydrogens is 289 g/mol. The number of carboxylic acid groups (broad SMARTS) is 2. The first-order valence-corrected chi connectivity index (χ1v) is 3.06. The van der Waals surface area contributed by atoms with Gasteiger partial charge in [-0.25, -0.2) is 0 Å². The Hall–Kier alpha value is 0.471. The summed E-state index contributed by atoms with van der Waals surface area (Å²) in [6.07, 6.45) is 1.02. The van der Waals surface area contributed by atoms with Crippen molar-refractivity contribution in [3.8, 4) is 0 Å². The Kier molecular flexibility index (Phi) is 17.5. The number of rotatable bonds is 5. The summed E-state index contributed by atoms with van der Waals surface area (Å²) in [5.41, 5.74) is 0. The van der Waals surface area contributed by atoms with Gasteiger partial charge in [0.1, 0.15) is 0 Å². The van der Waals surface area contributed by atoms with Crippen molar-refractivity contribution >= 4 is 60.8 Å². The predicted octanol–water partition coefficient (Wildman–Crippen LogP) is -1.02. The van der Waals surface area contributed by atoms with E-state index in [1.54, 1.807) is 0 Å². The fraction of sp³-hybridized carbons (Fsp3) is 0.667. The molecule has 0 saturated carbocycles. The van der Waals surface area contributed by atoms with Crippen molar-refractivity contribution in [2.75, 3.05) is 0 Å². The zero-order valence-corrected chi connectivity index (χ0v) is 6.04. The van der Waals surface area contributed by atoms with Crippen LogP contribution in [0.5, 0.6) is 0 Å². The van der Waals surface area contributed by atoms with Crippen molar-refractivity contribution in [1.29, 1.82) is 0 Å². The standard InChI is InChI=1S/C6H10O4.Ba.H2O.2H/c7-5(8)3-1-2-4-6(9)10;;;;/h1-4H2,(H,7,8)(H,9,10);;1H2;;. The number of aliphatic carboxylic acids is 2. The molecule has 0 aliphatic rings. The molecule has 0 spiro atoms. The van der Waals surface area contributed by atoms with Gasteiger partial charge >= 0.3 is 60.8 Å². The molecule has 0 aliphatic carbocycles. The summed E-state index contributed by atoms with van der Waals surface area (Å²) in [7, 11) is 0. The average Bonchev–Trinajstić information content (AvgIpc) is 1.79. The molecule has 0 saturated heterocycles. The first-order valence-electron chi connectivity index (χ1n) is 3.06. The van der Waals surface area contributed by atoms with Gasteiger partial charge in [-0.3, -0.25) is 9.59 Å². The molecule has 0 unspecified atom stereocenters. The summed E-state index contributed by atoms with van der Waals surface area (Å²) >= 11 is 0. The van der Waals surface area contributed by atoms with Crippen LogP contribution in [0.3, 0.4) is 0 Å². The van der Waals surface area contributed by atoms with E-state index in [0.717, 1.165) is 0 Å². The molecule has 70 valence electrons. The number of carboxylic acids is 2. The molecule has 0 aromatic heterocycles. The van der Waals surface area contributed by atoms with Crippen LogP contribution in [-0.2, 0) is 9.59 Å². The molecule has 0 amide bonds. The van der Waals surface area contributed by atoms with Crippen molar-refractivity contribution < 1.29 is 25.3 Å². The summed E-state index contributed by atoms with van der Waals surface area (Å²) in [4.78, 5) is 19.8. The molecule has 0 aliphatic heterocycles. The Balaban J connectivity index is -0.000000405. The van der Waals surface area contributed by atoms with Gasteiger partial charge < -0.3 is 15.7 Å². The van der Waals surface area contributed by atoms with Crippen molar-refractivity contribution in [3.05, 3.63) is 0 Å². The van der Waals surface area contributed by atoms with Crippen LogP contribution in [0.15, 0.2) is 0 Å². The van der Waals surface area contributed by atoms with Gasteiger partial charge in [0.15, 0.2) is 0 Å². The number of hydrogen-bond acceptors (Lipinski definition) is 2. The molecule has 0 heterocycles. The maximum absolute atomic E-state index is 9.90. The molecule has 5 nitrogen and oxygen atoms in total. The Bertz CT molecular complexity index is 120. The molecule has 6 heteroatoms. The minimum atomic E-state index is -0.870. The van der Waals surface area contributed by atoms with Gasteiger partial charge in [0.25, 0.3) is 0 Å². The third-order valence-corrected chi connectivity index (χ3v) is 1.03. The van der Waals surface area contributed by atoms with Crippen LogP contribution in [0.1, 0.15) is 25.7 Å². The van der Waals surface area contributed by atoms with Crippen LogP contribution in [-0.4, -0.2) is 76.5 Å². The Morgan fingerprint density at radius 2 is 1.17 bits per heavy atom. The Morgan fingerprint density at radius 3 is 1.33 bits per heavy atom. The third kappa shape index (κ3) is 16.8. The fourth-order valence-corrected chi connectivity index (χ4v) is 0.552. The van der Waals surface area contributed by atoms with Crippen molar-refractivity contribution in [2.45, 2.75) is 25.7 Å².